The maximum Gasteiger partial charge on any atom is 0.420 e. The number of fused-ring (bicyclic) bond motifs is 1. The number of hydrogen-bond acceptors (Lipinski definition) is 6. The number of hydrogen-bond donors (Lipinski definition) is 2. The van der Waals surface area contributed by atoms with Gasteiger partial charge in [-0.1, -0.05) is 18.2 Å². The maximum absolute atomic E-state index is 13.4. The Morgan fingerprint density at radius 3 is 2.08 bits per heavy atom. The molecule has 0 bridgehead atoms. The van der Waals surface area contributed by atoms with Crippen molar-refractivity contribution in [1.29, 1.82) is 5.26 Å². The molecule has 214 valence electrons. The molecule has 1 heterocycles. The summed E-state index contributed by atoms with van der Waals surface area (Å²) in [7, 11) is -3.67. The molecule has 3 rings (SSSR count). The number of carbonyl (C=O) groups excluding carboxylic acids is 2. The summed E-state index contributed by atoms with van der Waals surface area (Å²) in [5.41, 5.74) is -6.08. The van der Waals surface area contributed by atoms with E-state index in [1.807, 2.05) is 0 Å². The molecule has 2 amide bonds. The SMILES string of the molecule is CS(=O)(=O)c1ccc2c(c1)CN(C(=O)CCC(=O)O)C2C(=O)Nc1ccc(C(C#N)(C(F)(F)F)C(F)(F)F)cc1. The number of sulfone groups is 1. The van der Waals surface area contributed by atoms with Gasteiger partial charge < -0.3 is 15.3 Å². The van der Waals surface area contributed by atoms with Crippen LogP contribution in [0.15, 0.2) is 47.4 Å². The fourth-order valence-electron chi connectivity index (χ4n) is 4.23. The zero-order valence-corrected chi connectivity index (χ0v) is 21.1. The molecule has 2 N–H and O–H groups in total. The van der Waals surface area contributed by atoms with Crippen molar-refractivity contribution in [1.82, 2.24) is 4.90 Å². The summed E-state index contributed by atoms with van der Waals surface area (Å²) in [4.78, 5) is 37.8. The molecule has 0 aromatic heterocycles. The van der Waals surface area contributed by atoms with Crippen LogP contribution in [0.1, 0.15) is 35.6 Å². The molecule has 9 nitrogen and oxygen atoms in total. The van der Waals surface area contributed by atoms with Crippen molar-refractivity contribution in [2.45, 2.75) is 48.1 Å². The minimum absolute atomic E-state index is 0.115. The van der Waals surface area contributed by atoms with Gasteiger partial charge in [-0.25, -0.2) is 8.42 Å². The van der Waals surface area contributed by atoms with Crippen molar-refractivity contribution in [2.24, 2.45) is 0 Å². The lowest BCUT2D eigenvalue weighted by molar-refractivity contribution is -0.283. The molecule has 0 saturated carbocycles. The third-order valence-corrected chi connectivity index (χ3v) is 7.32. The van der Waals surface area contributed by atoms with E-state index in [4.69, 9.17) is 10.4 Å². The van der Waals surface area contributed by atoms with E-state index in [-0.39, 0.29) is 28.3 Å². The second-order valence-corrected chi connectivity index (χ2v) is 10.9. The first-order valence-corrected chi connectivity index (χ1v) is 13.0. The number of alkyl halides is 6. The molecule has 0 spiro atoms. The van der Waals surface area contributed by atoms with Crippen molar-refractivity contribution in [2.75, 3.05) is 11.6 Å². The molecule has 1 unspecified atom stereocenters. The highest BCUT2D eigenvalue weighted by Crippen LogP contribution is 2.51. The van der Waals surface area contributed by atoms with Crippen LogP contribution in [0, 0.1) is 11.3 Å². The third-order valence-electron chi connectivity index (χ3n) is 6.21. The number of carboxylic acids is 1. The average molecular weight is 591 g/mol. The van der Waals surface area contributed by atoms with E-state index < -0.39 is 69.8 Å². The Labute approximate surface area is 222 Å². The first-order valence-electron chi connectivity index (χ1n) is 11.1. The number of halogens is 6. The Bertz CT molecular complexity index is 1480. The van der Waals surface area contributed by atoms with Crippen molar-refractivity contribution < 1.29 is 54.3 Å². The molecule has 1 atom stereocenters. The zero-order chi connectivity index (χ0) is 30.3. The van der Waals surface area contributed by atoms with E-state index in [9.17, 15) is 49.1 Å². The lowest BCUT2D eigenvalue weighted by Crippen LogP contribution is -2.52. The number of carbonyl (C=O) groups is 3. The Morgan fingerprint density at radius 1 is 1.02 bits per heavy atom. The van der Waals surface area contributed by atoms with Gasteiger partial charge in [-0.3, -0.25) is 14.4 Å². The molecule has 16 heteroatoms. The molecule has 0 aliphatic carbocycles. The van der Waals surface area contributed by atoms with E-state index in [1.165, 1.54) is 18.2 Å². The average Bonchev–Trinajstić information content (AvgIpc) is 3.21. The van der Waals surface area contributed by atoms with Crippen molar-refractivity contribution in [3.63, 3.8) is 0 Å². The van der Waals surface area contributed by atoms with E-state index in [0.29, 0.717) is 18.2 Å². The fraction of sp³-hybridized carbons (Fsp3) is 0.333. The minimum atomic E-state index is -6.01. The minimum Gasteiger partial charge on any atom is -0.481 e. The van der Waals surface area contributed by atoms with Gasteiger partial charge in [0.2, 0.25) is 5.91 Å². The van der Waals surface area contributed by atoms with Gasteiger partial charge in [-0.15, -0.1) is 0 Å². The molecule has 40 heavy (non-hydrogen) atoms. The number of benzene rings is 2. The van der Waals surface area contributed by atoms with E-state index >= 15 is 0 Å². The molecule has 2 aromatic rings. The van der Waals surface area contributed by atoms with Crippen LogP contribution in [0.25, 0.3) is 0 Å². The van der Waals surface area contributed by atoms with Gasteiger partial charge in [0.1, 0.15) is 6.04 Å². The number of nitrogens with one attached hydrogen (secondary N) is 1. The van der Waals surface area contributed by atoms with Crippen LogP contribution in [-0.2, 0) is 36.2 Å². The fourth-order valence-corrected chi connectivity index (χ4v) is 4.90. The van der Waals surface area contributed by atoms with Gasteiger partial charge in [-0.05, 0) is 41.0 Å². The normalized spacial score (nSPS) is 15.8. The van der Waals surface area contributed by atoms with Gasteiger partial charge in [0, 0.05) is 24.9 Å². The molecule has 0 fully saturated rings. The number of aliphatic carboxylic acids is 1. The van der Waals surface area contributed by atoms with E-state index in [1.54, 1.807) is 0 Å². The van der Waals surface area contributed by atoms with E-state index in [2.05, 4.69) is 5.32 Å². The largest absolute Gasteiger partial charge is 0.481 e. The van der Waals surface area contributed by atoms with Crippen molar-refractivity contribution >= 4 is 33.3 Å². The van der Waals surface area contributed by atoms with Crippen molar-refractivity contribution in [3.8, 4) is 6.07 Å². The predicted octanol–water partition coefficient (Wildman–Crippen LogP) is 3.86. The summed E-state index contributed by atoms with van der Waals surface area (Å²) in [5.74, 6) is -3.03. The Balaban J connectivity index is 1.97. The lowest BCUT2D eigenvalue weighted by Gasteiger charge is -2.31. The summed E-state index contributed by atoms with van der Waals surface area (Å²) in [6.45, 7) is -0.268. The number of rotatable bonds is 7. The van der Waals surface area contributed by atoms with Crippen LogP contribution in [0.2, 0.25) is 0 Å². The van der Waals surface area contributed by atoms with Gasteiger partial charge in [0.05, 0.1) is 17.4 Å². The maximum atomic E-state index is 13.4. The summed E-state index contributed by atoms with van der Waals surface area (Å²) in [6, 6.07) is 4.80. The highest BCUT2D eigenvalue weighted by Gasteiger charge is 2.72. The number of amides is 2. The molecule has 0 saturated heterocycles. The monoisotopic (exact) mass is 591 g/mol. The number of nitrogens with zero attached hydrogens (tertiary/aromatic N) is 2. The number of nitriles is 1. The van der Waals surface area contributed by atoms with Crippen LogP contribution in [0.4, 0.5) is 32.0 Å². The Kier molecular flexibility index (Phi) is 7.95. The summed E-state index contributed by atoms with van der Waals surface area (Å²) in [6.07, 6.45) is -12.2. The first kappa shape index (κ1) is 30.4. The van der Waals surface area contributed by atoms with E-state index in [0.717, 1.165) is 23.3 Å². The Morgan fingerprint density at radius 2 is 1.60 bits per heavy atom. The first-order chi connectivity index (χ1) is 18.3. The molecular formula is C24H19F6N3O6S. The zero-order valence-electron chi connectivity index (χ0n) is 20.3. The molecular weight excluding hydrogens is 572 g/mol. The molecule has 2 aromatic carbocycles. The smallest absolute Gasteiger partial charge is 0.420 e. The summed E-state index contributed by atoms with van der Waals surface area (Å²) in [5, 5.41) is 20.1. The molecule has 0 radical (unpaired) electrons. The molecule has 1 aliphatic rings. The van der Waals surface area contributed by atoms with Crippen LogP contribution in [0.3, 0.4) is 0 Å². The topological polar surface area (TPSA) is 145 Å². The highest BCUT2D eigenvalue weighted by atomic mass is 32.2. The van der Waals surface area contributed by atoms with Gasteiger partial charge in [0.25, 0.3) is 11.3 Å². The number of anilines is 1. The summed E-state index contributed by atoms with van der Waals surface area (Å²) >= 11 is 0. The van der Waals surface area contributed by atoms with Crippen molar-refractivity contribution in [3.05, 3.63) is 59.2 Å². The third kappa shape index (κ3) is 5.60. The standard InChI is InChI=1S/C24H19F6N3O6S/c1-40(38,39)16-6-7-17-13(10-16)11-33(18(34)8-9-19(35)36)20(17)21(37)32-15-4-2-14(3-5-15)22(12-31,23(25,26)27)24(28,29)30/h2-7,10,20H,8-9,11H2,1H3,(H,32,37)(H,35,36). The lowest BCUT2D eigenvalue weighted by atomic mass is 9.80. The van der Waals surface area contributed by atoms with Gasteiger partial charge in [0.15, 0.2) is 9.84 Å². The van der Waals surface area contributed by atoms with Crippen LogP contribution in [0.5, 0.6) is 0 Å². The highest BCUT2D eigenvalue weighted by molar-refractivity contribution is 7.90. The second-order valence-electron chi connectivity index (χ2n) is 8.87. The van der Waals surface area contributed by atoms with Crippen LogP contribution < -0.4 is 5.32 Å². The predicted molar refractivity (Wildman–Crippen MR) is 124 cm³/mol. The quantitative estimate of drug-likeness (QED) is 0.465. The van der Waals surface area contributed by atoms with Crippen LogP contribution >= 0.6 is 0 Å². The molecule has 1 aliphatic heterocycles. The number of carboxylic acid groups (broad SMARTS) is 1. The van der Waals surface area contributed by atoms with Crippen LogP contribution in [-0.4, -0.2) is 54.8 Å². The Hall–Kier alpha value is -4.13. The second kappa shape index (κ2) is 10.5. The van der Waals surface area contributed by atoms with Gasteiger partial charge >= 0.3 is 18.3 Å². The van der Waals surface area contributed by atoms with Gasteiger partial charge in [-0.2, -0.15) is 31.6 Å². The summed E-state index contributed by atoms with van der Waals surface area (Å²) < 4.78 is 104.